The second-order valence-electron chi connectivity index (χ2n) is 5.72. The van der Waals surface area contributed by atoms with Crippen LogP contribution in [0.3, 0.4) is 0 Å². The minimum absolute atomic E-state index is 0.0920. The van der Waals surface area contributed by atoms with E-state index in [9.17, 15) is 9.59 Å². The van der Waals surface area contributed by atoms with Gasteiger partial charge in [-0.05, 0) is 41.8 Å². The standard InChI is InChI=1S/C19H22N2O3/c1-13(2)14-7-9-17(10-8-14)24-12-18(22)21-16-6-4-5-15(11-16)19(23)20-3/h4-11,13H,12H2,1-3H3,(H,20,23)(H,21,22). The van der Waals surface area contributed by atoms with Crippen LogP contribution in [0, 0.1) is 0 Å². The number of rotatable bonds is 6. The average Bonchev–Trinajstić information content (AvgIpc) is 2.59. The highest BCUT2D eigenvalue weighted by atomic mass is 16.5. The maximum absolute atomic E-state index is 12.0. The Morgan fingerprint density at radius 1 is 1.08 bits per heavy atom. The van der Waals surface area contributed by atoms with Crippen molar-refractivity contribution in [3.63, 3.8) is 0 Å². The molecule has 0 heterocycles. The minimum atomic E-state index is -0.281. The molecule has 0 unspecified atom stereocenters. The fourth-order valence-corrected chi connectivity index (χ4v) is 2.18. The van der Waals surface area contributed by atoms with Gasteiger partial charge in [0.25, 0.3) is 11.8 Å². The summed E-state index contributed by atoms with van der Waals surface area (Å²) in [4.78, 5) is 23.6. The normalized spacial score (nSPS) is 10.3. The molecule has 126 valence electrons. The molecular formula is C19H22N2O3. The lowest BCUT2D eigenvalue weighted by atomic mass is 10.0. The van der Waals surface area contributed by atoms with Crippen molar-refractivity contribution in [2.24, 2.45) is 0 Å². The molecule has 2 aromatic rings. The van der Waals surface area contributed by atoms with Gasteiger partial charge in [-0.3, -0.25) is 9.59 Å². The molecule has 0 bridgehead atoms. The first-order valence-corrected chi connectivity index (χ1v) is 7.84. The molecular weight excluding hydrogens is 304 g/mol. The number of carbonyl (C=O) groups is 2. The third kappa shape index (κ3) is 4.84. The molecule has 0 saturated carbocycles. The van der Waals surface area contributed by atoms with Crippen molar-refractivity contribution in [2.45, 2.75) is 19.8 Å². The summed E-state index contributed by atoms with van der Waals surface area (Å²) in [6, 6.07) is 14.4. The Morgan fingerprint density at radius 2 is 1.79 bits per heavy atom. The largest absolute Gasteiger partial charge is 0.484 e. The van der Waals surface area contributed by atoms with Gasteiger partial charge in [-0.15, -0.1) is 0 Å². The summed E-state index contributed by atoms with van der Waals surface area (Å²) in [5.41, 5.74) is 2.26. The van der Waals surface area contributed by atoms with Crippen LogP contribution in [0.5, 0.6) is 5.75 Å². The van der Waals surface area contributed by atoms with Crippen LogP contribution in [0.1, 0.15) is 35.7 Å². The van der Waals surface area contributed by atoms with Gasteiger partial charge in [-0.2, -0.15) is 0 Å². The molecule has 0 spiro atoms. The van der Waals surface area contributed by atoms with Crippen molar-refractivity contribution in [3.05, 3.63) is 59.7 Å². The van der Waals surface area contributed by atoms with Gasteiger partial charge in [0.15, 0.2) is 6.61 Å². The monoisotopic (exact) mass is 326 g/mol. The first-order chi connectivity index (χ1) is 11.5. The van der Waals surface area contributed by atoms with Gasteiger partial charge in [0.2, 0.25) is 0 Å². The second-order valence-corrected chi connectivity index (χ2v) is 5.72. The molecule has 2 N–H and O–H groups in total. The van der Waals surface area contributed by atoms with E-state index in [-0.39, 0.29) is 18.4 Å². The van der Waals surface area contributed by atoms with Crippen LogP contribution >= 0.6 is 0 Å². The zero-order valence-electron chi connectivity index (χ0n) is 14.1. The summed E-state index contributed by atoms with van der Waals surface area (Å²) in [5, 5.41) is 5.26. The highest BCUT2D eigenvalue weighted by Crippen LogP contribution is 2.18. The molecule has 2 rings (SSSR count). The van der Waals surface area contributed by atoms with Gasteiger partial charge >= 0.3 is 0 Å². The van der Waals surface area contributed by atoms with Gasteiger partial charge in [0.05, 0.1) is 0 Å². The summed E-state index contributed by atoms with van der Waals surface area (Å²) < 4.78 is 5.48. The molecule has 5 nitrogen and oxygen atoms in total. The van der Waals surface area contributed by atoms with E-state index in [1.807, 2.05) is 24.3 Å². The van der Waals surface area contributed by atoms with Crippen LogP contribution < -0.4 is 15.4 Å². The number of nitrogens with one attached hydrogen (secondary N) is 2. The lowest BCUT2D eigenvalue weighted by Crippen LogP contribution is -2.21. The molecule has 2 aromatic carbocycles. The Kier molecular flexibility index (Phi) is 5.95. The molecule has 0 aromatic heterocycles. The van der Waals surface area contributed by atoms with E-state index in [2.05, 4.69) is 24.5 Å². The fraction of sp³-hybridized carbons (Fsp3) is 0.263. The predicted molar refractivity (Wildman–Crippen MR) is 94.5 cm³/mol. The van der Waals surface area contributed by atoms with E-state index in [4.69, 9.17) is 4.74 Å². The van der Waals surface area contributed by atoms with E-state index in [0.29, 0.717) is 22.9 Å². The lowest BCUT2D eigenvalue weighted by molar-refractivity contribution is -0.118. The van der Waals surface area contributed by atoms with Crippen LogP contribution in [0.2, 0.25) is 0 Å². The zero-order chi connectivity index (χ0) is 17.5. The maximum Gasteiger partial charge on any atom is 0.262 e. The van der Waals surface area contributed by atoms with Crippen molar-refractivity contribution in [1.82, 2.24) is 5.32 Å². The SMILES string of the molecule is CNC(=O)c1cccc(NC(=O)COc2ccc(C(C)C)cc2)c1. The summed E-state index contributed by atoms with van der Waals surface area (Å²) in [5.74, 6) is 0.619. The second kappa shape index (κ2) is 8.15. The van der Waals surface area contributed by atoms with Crippen LogP contribution in [-0.4, -0.2) is 25.5 Å². The number of amides is 2. The number of hydrogen-bond donors (Lipinski definition) is 2. The minimum Gasteiger partial charge on any atom is -0.484 e. The quantitative estimate of drug-likeness (QED) is 0.857. The Labute approximate surface area is 142 Å². The third-order valence-corrected chi connectivity index (χ3v) is 3.55. The van der Waals surface area contributed by atoms with Gasteiger partial charge in [-0.25, -0.2) is 0 Å². The van der Waals surface area contributed by atoms with E-state index >= 15 is 0 Å². The van der Waals surface area contributed by atoms with E-state index in [1.54, 1.807) is 31.3 Å². The molecule has 5 heteroatoms. The van der Waals surface area contributed by atoms with Crippen LogP contribution in [0.25, 0.3) is 0 Å². The third-order valence-electron chi connectivity index (χ3n) is 3.55. The van der Waals surface area contributed by atoms with E-state index in [0.717, 1.165) is 0 Å². The zero-order valence-corrected chi connectivity index (χ0v) is 14.1. The van der Waals surface area contributed by atoms with Crippen molar-refractivity contribution in [3.8, 4) is 5.75 Å². The molecule has 0 aliphatic carbocycles. The van der Waals surface area contributed by atoms with Gasteiger partial charge < -0.3 is 15.4 Å². The first kappa shape index (κ1) is 17.5. The summed E-state index contributed by atoms with van der Waals surface area (Å²) in [7, 11) is 1.56. The summed E-state index contributed by atoms with van der Waals surface area (Å²) in [6.07, 6.45) is 0. The molecule has 0 aliphatic rings. The van der Waals surface area contributed by atoms with Gasteiger partial charge in [0, 0.05) is 18.3 Å². The Hall–Kier alpha value is -2.82. The van der Waals surface area contributed by atoms with Crippen LogP contribution in [-0.2, 0) is 4.79 Å². The Bertz CT molecular complexity index is 709. The predicted octanol–water partition coefficient (Wildman–Crippen LogP) is 3.19. The molecule has 0 radical (unpaired) electrons. The highest BCUT2D eigenvalue weighted by Gasteiger charge is 2.07. The molecule has 24 heavy (non-hydrogen) atoms. The highest BCUT2D eigenvalue weighted by molar-refractivity contribution is 5.97. The molecule has 0 saturated heterocycles. The number of benzene rings is 2. The first-order valence-electron chi connectivity index (χ1n) is 7.84. The number of carbonyl (C=O) groups excluding carboxylic acids is 2. The molecule has 0 fully saturated rings. The lowest BCUT2D eigenvalue weighted by Gasteiger charge is -2.10. The topological polar surface area (TPSA) is 67.4 Å². The summed E-state index contributed by atoms with van der Waals surface area (Å²) in [6.45, 7) is 4.15. The van der Waals surface area contributed by atoms with Gasteiger partial charge in [0.1, 0.15) is 5.75 Å². The van der Waals surface area contributed by atoms with Crippen molar-refractivity contribution in [1.29, 1.82) is 0 Å². The average molecular weight is 326 g/mol. The van der Waals surface area contributed by atoms with Crippen molar-refractivity contribution >= 4 is 17.5 Å². The van der Waals surface area contributed by atoms with Crippen LogP contribution in [0.15, 0.2) is 48.5 Å². The van der Waals surface area contributed by atoms with Crippen molar-refractivity contribution < 1.29 is 14.3 Å². The van der Waals surface area contributed by atoms with Crippen molar-refractivity contribution in [2.75, 3.05) is 19.0 Å². The number of hydrogen-bond acceptors (Lipinski definition) is 3. The fourth-order valence-electron chi connectivity index (χ4n) is 2.18. The van der Waals surface area contributed by atoms with Crippen LogP contribution in [0.4, 0.5) is 5.69 Å². The molecule has 2 amide bonds. The van der Waals surface area contributed by atoms with E-state index in [1.165, 1.54) is 5.56 Å². The molecule has 0 aliphatic heterocycles. The number of ether oxygens (including phenoxy) is 1. The summed E-state index contributed by atoms with van der Waals surface area (Å²) >= 11 is 0. The number of anilines is 1. The maximum atomic E-state index is 12.0. The van der Waals surface area contributed by atoms with E-state index < -0.39 is 0 Å². The molecule has 0 atom stereocenters. The Balaban J connectivity index is 1.90. The Morgan fingerprint density at radius 3 is 2.42 bits per heavy atom. The van der Waals surface area contributed by atoms with Gasteiger partial charge in [-0.1, -0.05) is 32.0 Å². The smallest absolute Gasteiger partial charge is 0.262 e.